The van der Waals surface area contributed by atoms with Gasteiger partial charge in [0, 0.05) is 18.8 Å². The number of thiocarbonyl (C=S) groups is 1. The number of rotatable bonds is 7. The molecule has 0 unspecified atom stereocenters. The van der Waals surface area contributed by atoms with E-state index in [1.54, 1.807) is 0 Å². The molecule has 3 aromatic carbocycles. The molecule has 3 nitrogen and oxygen atoms in total. The van der Waals surface area contributed by atoms with Crippen LogP contribution in [-0.2, 0) is 13.1 Å². The Morgan fingerprint density at radius 2 is 1.33 bits per heavy atom. The van der Waals surface area contributed by atoms with Gasteiger partial charge in [0.2, 0.25) is 0 Å². The van der Waals surface area contributed by atoms with Gasteiger partial charge in [0.1, 0.15) is 5.75 Å². The molecule has 0 radical (unpaired) electrons. The molecule has 27 heavy (non-hydrogen) atoms. The lowest BCUT2D eigenvalue weighted by Gasteiger charge is -2.26. The highest BCUT2D eigenvalue weighted by Crippen LogP contribution is 2.17. The van der Waals surface area contributed by atoms with Gasteiger partial charge in [0.15, 0.2) is 5.11 Å². The maximum atomic E-state index is 5.72. The van der Waals surface area contributed by atoms with Crippen molar-refractivity contribution < 1.29 is 4.74 Å². The van der Waals surface area contributed by atoms with Gasteiger partial charge < -0.3 is 15.0 Å². The average molecular weight is 377 g/mol. The molecule has 4 heteroatoms. The normalized spacial score (nSPS) is 10.3. The third-order valence-electron chi connectivity index (χ3n) is 4.14. The summed E-state index contributed by atoms with van der Waals surface area (Å²) in [5, 5.41) is 4.05. The number of nitrogens with one attached hydrogen (secondary N) is 1. The minimum absolute atomic E-state index is 0.660. The van der Waals surface area contributed by atoms with Gasteiger partial charge in [-0.15, -0.1) is 0 Å². The average Bonchev–Trinajstić information content (AvgIpc) is 2.71. The molecule has 0 saturated heterocycles. The molecule has 3 aromatic rings. The summed E-state index contributed by atoms with van der Waals surface area (Å²) in [7, 11) is 0. The van der Waals surface area contributed by atoms with Crippen LogP contribution in [-0.4, -0.2) is 16.6 Å². The van der Waals surface area contributed by atoms with Gasteiger partial charge in [-0.3, -0.25) is 0 Å². The monoisotopic (exact) mass is 376 g/mol. The predicted octanol–water partition coefficient (Wildman–Crippen LogP) is 5.48. The molecule has 0 aliphatic rings. The van der Waals surface area contributed by atoms with Crippen molar-refractivity contribution in [3.63, 3.8) is 0 Å². The molecule has 0 atom stereocenters. The van der Waals surface area contributed by atoms with Crippen molar-refractivity contribution in [1.29, 1.82) is 0 Å². The van der Waals surface area contributed by atoms with E-state index < -0.39 is 0 Å². The summed E-state index contributed by atoms with van der Waals surface area (Å²) < 4.78 is 5.50. The lowest BCUT2D eigenvalue weighted by Crippen LogP contribution is -2.33. The minimum atomic E-state index is 0.660. The Labute approximate surface area is 166 Å². The zero-order valence-electron chi connectivity index (χ0n) is 15.5. The molecule has 1 N–H and O–H groups in total. The largest absolute Gasteiger partial charge is 0.494 e. The van der Waals surface area contributed by atoms with Crippen LogP contribution in [0.4, 0.5) is 5.69 Å². The summed E-state index contributed by atoms with van der Waals surface area (Å²) >= 11 is 5.72. The van der Waals surface area contributed by atoms with Crippen molar-refractivity contribution in [2.45, 2.75) is 20.0 Å². The first-order valence-corrected chi connectivity index (χ1v) is 9.52. The fraction of sp³-hybridized carbons (Fsp3) is 0.174. The van der Waals surface area contributed by atoms with E-state index in [1.807, 2.05) is 43.3 Å². The van der Waals surface area contributed by atoms with Crippen LogP contribution < -0.4 is 10.1 Å². The van der Waals surface area contributed by atoms with Crippen molar-refractivity contribution >= 4 is 23.0 Å². The van der Waals surface area contributed by atoms with Gasteiger partial charge in [0.05, 0.1) is 6.61 Å². The molecule has 0 fully saturated rings. The van der Waals surface area contributed by atoms with Crippen LogP contribution in [0.25, 0.3) is 0 Å². The molecule has 0 aliphatic heterocycles. The Kier molecular flexibility index (Phi) is 6.83. The fourth-order valence-corrected chi connectivity index (χ4v) is 3.06. The maximum absolute atomic E-state index is 5.72. The van der Waals surface area contributed by atoms with Crippen LogP contribution in [0, 0.1) is 0 Å². The Hall–Kier alpha value is -2.85. The van der Waals surface area contributed by atoms with E-state index in [0.717, 1.165) is 24.5 Å². The number of hydrogen-bond acceptors (Lipinski definition) is 2. The van der Waals surface area contributed by atoms with E-state index in [4.69, 9.17) is 17.0 Å². The standard InChI is InChI=1S/C23H24N2OS/c1-2-26-22-15-13-21(14-16-22)24-23(27)25(17-19-9-5-3-6-10-19)18-20-11-7-4-8-12-20/h3-16H,2,17-18H2,1H3,(H,24,27). The first-order chi connectivity index (χ1) is 13.2. The Bertz CT molecular complexity index is 794. The van der Waals surface area contributed by atoms with E-state index in [9.17, 15) is 0 Å². The quantitative estimate of drug-likeness (QED) is 0.552. The second-order valence-corrected chi connectivity index (χ2v) is 6.60. The van der Waals surface area contributed by atoms with Gasteiger partial charge in [-0.2, -0.15) is 0 Å². The van der Waals surface area contributed by atoms with E-state index in [1.165, 1.54) is 11.1 Å². The first-order valence-electron chi connectivity index (χ1n) is 9.11. The lowest BCUT2D eigenvalue weighted by molar-refractivity contribution is 0.340. The predicted molar refractivity (Wildman–Crippen MR) is 116 cm³/mol. The Balaban J connectivity index is 1.73. The van der Waals surface area contributed by atoms with Gasteiger partial charge >= 0.3 is 0 Å². The summed E-state index contributed by atoms with van der Waals surface area (Å²) in [5.41, 5.74) is 3.41. The SMILES string of the molecule is CCOc1ccc(NC(=S)N(Cc2ccccc2)Cc2ccccc2)cc1. The zero-order valence-corrected chi connectivity index (χ0v) is 16.3. The second-order valence-electron chi connectivity index (χ2n) is 6.21. The Morgan fingerprint density at radius 3 is 1.81 bits per heavy atom. The maximum Gasteiger partial charge on any atom is 0.174 e. The highest BCUT2D eigenvalue weighted by atomic mass is 32.1. The molecular weight excluding hydrogens is 352 g/mol. The molecule has 0 spiro atoms. The van der Waals surface area contributed by atoms with Gasteiger partial charge in [-0.05, 0) is 54.5 Å². The third kappa shape index (κ3) is 5.83. The summed E-state index contributed by atoms with van der Waals surface area (Å²) in [5.74, 6) is 0.861. The summed E-state index contributed by atoms with van der Waals surface area (Å²) in [4.78, 5) is 2.18. The van der Waals surface area contributed by atoms with Crippen LogP contribution in [0.3, 0.4) is 0 Å². The molecule has 3 rings (SSSR count). The molecule has 0 aliphatic carbocycles. The topological polar surface area (TPSA) is 24.5 Å². The van der Waals surface area contributed by atoms with Crippen LogP contribution >= 0.6 is 12.2 Å². The van der Waals surface area contributed by atoms with Crippen LogP contribution in [0.1, 0.15) is 18.1 Å². The van der Waals surface area contributed by atoms with E-state index in [-0.39, 0.29) is 0 Å². The van der Waals surface area contributed by atoms with Crippen molar-refractivity contribution in [2.24, 2.45) is 0 Å². The second kappa shape index (κ2) is 9.74. The van der Waals surface area contributed by atoms with Crippen LogP contribution in [0.5, 0.6) is 5.75 Å². The fourth-order valence-electron chi connectivity index (χ4n) is 2.81. The summed E-state index contributed by atoms with van der Waals surface area (Å²) in [6, 6.07) is 28.6. The van der Waals surface area contributed by atoms with Crippen molar-refractivity contribution in [3.05, 3.63) is 96.1 Å². The smallest absolute Gasteiger partial charge is 0.174 e. The van der Waals surface area contributed by atoms with Gasteiger partial charge in [-0.1, -0.05) is 60.7 Å². The first kappa shape index (κ1) is 18.9. The molecule has 0 aromatic heterocycles. The van der Waals surface area contributed by atoms with Crippen molar-refractivity contribution in [1.82, 2.24) is 4.90 Å². The zero-order chi connectivity index (χ0) is 18.9. The van der Waals surface area contributed by atoms with Crippen LogP contribution in [0.15, 0.2) is 84.9 Å². The Morgan fingerprint density at radius 1 is 0.815 bits per heavy atom. The number of benzene rings is 3. The number of ether oxygens (including phenoxy) is 1. The molecule has 0 saturated carbocycles. The minimum Gasteiger partial charge on any atom is -0.494 e. The summed E-state index contributed by atoms with van der Waals surface area (Å²) in [6.45, 7) is 4.14. The van der Waals surface area contributed by atoms with Gasteiger partial charge in [0.25, 0.3) is 0 Å². The lowest BCUT2D eigenvalue weighted by atomic mass is 10.2. The summed E-state index contributed by atoms with van der Waals surface area (Å²) in [6.07, 6.45) is 0. The molecule has 138 valence electrons. The molecule has 0 bridgehead atoms. The highest BCUT2D eigenvalue weighted by molar-refractivity contribution is 7.80. The number of anilines is 1. The molecule has 0 amide bonds. The van der Waals surface area contributed by atoms with E-state index in [0.29, 0.717) is 11.7 Å². The van der Waals surface area contributed by atoms with Crippen molar-refractivity contribution in [3.8, 4) is 5.75 Å². The van der Waals surface area contributed by atoms with Crippen LogP contribution in [0.2, 0.25) is 0 Å². The van der Waals surface area contributed by atoms with Crippen molar-refractivity contribution in [2.75, 3.05) is 11.9 Å². The number of nitrogens with zero attached hydrogens (tertiary/aromatic N) is 1. The number of hydrogen-bond donors (Lipinski definition) is 1. The van der Waals surface area contributed by atoms with E-state index in [2.05, 4.69) is 58.7 Å². The molecular formula is C23H24N2OS. The third-order valence-corrected chi connectivity index (χ3v) is 4.50. The van der Waals surface area contributed by atoms with Gasteiger partial charge in [-0.25, -0.2) is 0 Å². The molecule has 0 heterocycles. The highest BCUT2D eigenvalue weighted by Gasteiger charge is 2.12. The van der Waals surface area contributed by atoms with E-state index >= 15 is 0 Å².